The van der Waals surface area contributed by atoms with Crippen molar-refractivity contribution >= 4 is 5.91 Å². The zero-order valence-corrected chi connectivity index (χ0v) is 12.7. The highest BCUT2D eigenvalue weighted by atomic mass is 19.4. The molecule has 1 aliphatic rings. The topological polar surface area (TPSA) is 59.2 Å². The van der Waals surface area contributed by atoms with E-state index in [4.69, 9.17) is 4.42 Å². The lowest BCUT2D eigenvalue weighted by Gasteiger charge is -2.33. The Morgan fingerprint density at radius 2 is 2.05 bits per heavy atom. The lowest BCUT2D eigenvalue weighted by Crippen LogP contribution is -2.42. The van der Waals surface area contributed by atoms with Crippen molar-refractivity contribution in [3.8, 4) is 0 Å². The van der Waals surface area contributed by atoms with Crippen molar-refractivity contribution in [2.75, 3.05) is 13.1 Å². The fraction of sp³-hybridized carbons (Fsp3) is 0.786. The first-order valence-corrected chi connectivity index (χ1v) is 7.56. The number of hydrogen-bond acceptors (Lipinski definition) is 4. The van der Waals surface area contributed by atoms with Gasteiger partial charge < -0.3 is 9.32 Å². The maximum absolute atomic E-state index is 12.5. The molecule has 0 spiro atoms. The Labute approximate surface area is 126 Å². The van der Waals surface area contributed by atoms with Crippen LogP contribution in [0.4, 0.5) is 13.2 Å². The van der Waals surface area contributed by atoms with Gasteiger partial charge in [-0.25, -0.2) is 0 Å². The molecule has 22 heavy (non-hydrogen) atoms. The summed E-state index contributed by atoms with van der Waals surface area (Å²) in [6, 6.07) is 0. The highest BCUT2D eigenvalue weighted by Gasteiger charge is 2.39. The molecule has 0 N–H and O–H groups in total. The van der Waals surface area contributed by atoms with E-state index in [-0.39, 0.29) is 23.6 Å². The molecule has 0 bridgehead atoms. The highest BCUT2D eigenvalue weighted by molar-refractivity contribution is 5.78. The molecule has 0 aliphatic carbocycles. The van der Waals surface area contributed by atoms with Crippen LogP contribution in [-0.2, 0) is 11.0 Å². The van der Waals surface area contributed by atoms with Crippen LogP contribution >= 0.6 is 0 Å². The number of halogens is 3. The zero-order chi connectivity index (χ0) is 16.3. The largest absolute Gasteiger partial charge is 0.470 e. The van der Waals surface area contributed by atoms with Crippen LogP contribution in [0.1, 0.15) is 57.2 Å². The Bertz CT molecular complexity index is 512. The molecule has 1 fully saturated rings. The van der Waals surface area contributed by atoms with Crippen LogP contribution in [0, 0.1) is 5.92 Å². The number of alkyl halides is 3. The Kier molecular flexibility index (Phi) is 5.08. The first-order chi connectivity index (χ1) is 10.4. The monoisotopic (exact) mass is 319 g/mol. The second-order valence-corrected chi connectivity index (χ2v) is 5.58. The van der Waals surface area contributed by atoms with Gasteiger partial charge in [0.05, 0.1) is 5.92 Å². The van der Waals surface area contributed by atoms with E-state index in [2.05, 4.69) is 10.2 Å². The van der Waals surface area contributed by atoms with Gasteiger partial charge in [-0.15, -0.1) is 10.2 Å². The molecule has 1 aliphatic heterocycles. The molecule has 2 rings (SSSR count). The average Bonchev–Trinajstić information content (AvgIpc) is 2.98. The smallest absolute Gasteiger partial charge is 0.417 e. The van der Waals surface area contributed by atoms with Crippen LogP contribution in [0.3, 0.4) is 0 Å². The molecule has 8 heteroatoms. The third-order valence-corrected chi connectivity index (χ3v) is 4.10. The van der Waals surface area contributed by atoms with Gasteiger partial charge in [-0.2, -0.15) is 13.2 Å². The molecule has 1 aromatic rings. The molecular formula is C14H20F3N3O2. The summed E-state index contributed by atoms with van der Waals surface area (Å²) in [7, 11) is 0. The summed E-state index contributed by atoms with van der Waals surface area (Å²) in [6.45, 7) is 4.89. The highest BCUT2D eigenvalue weighted by Crippen LogP contribution is 2.32. The van der Waals surface area contributed by atoms with E-state index in [1.807, 2.05) is 13.8 Å². The minimum Gasteiger partial charge on any atom is -0.417 e. The molecule has 0 radical (unpaired) electrons. The molecule has 1 saturated heterocycles. The van der Waals surface area contributed by atoms with E-state index in [1.165, 1.54) is 0 Å². The van der Waals surface area contributed by atoms with Gasteiger partial charge in [-0.05, 0) is 25.7 Å². The first-order valence-electron chi connectivity index (χ1n) is 7.56. The Morgan fingerprint density at radius 1 is 1.36 bits per heavy atom. The van der Waals surface area contributed by atoms with Gasteiger partial charge in [0.15, 0.2) is 0 Å². The number of nitrogens with zero attached hydrogens (tertiary/aromatic N) is 3. The average molecular weight is 319 g/mol. The zero-order valence-electron chi connectivity index (χ0n) is 12.7. The van der Waals surface area contributed by atoms with Crippen LogP contribution in [-0.4, -0.2) is 34.1 Å². The minimum absolute atomic E-state index is 0.0330. The standard InChI is InChI=1S/C14H20F3N3O2/c1-3-9(4-2)12(21)20-7-5-6-10(8-20)11-18-19-13(22-11)14(15,16)17/h9-10H,3-8H2,1-2H3. The second-order valence-electron chi connectivity index (χ2n) is 5.58. The Hall–Kier alpha value is -1.60. The van der Waals surface area contributed by atoms with Crippen molar-refractivity contribution in [3.05, 3.63) is 11.8 Å². The summed E-state index contributed by atoms with van der Waals surface area (Å²) in [5.74, 6) is -1.66. The van der Waals surface area contributed by atoms with Crippen LogP contribution in [0.15, 0.2) is 4.42 Å². The van der Waals surface area contributed by atoms with Gasteiger partial charge >= 0.3 is 12.1 Å². The third kappa shape index (κ3) is 3.59. The molecule has 1 atom stereocenters. The number of rotatable bonds is 4. The number of hydrogen-bond donors (Lipinski definition) is 0. The lowest BCUT2D eigenvalue weighted by molar-refractivity contribution is -0.157. The first kappa shape index (κ1) is 16.8. The number of piperidine rings is 1. The van der Waals surface area contributed by atoms with Crippen LogP contribution in [0.25, 0.3) is 0 Å². The van der Waals surface area contributed by atoms with Crippen molar-refractivity contribution in [3.63, 3.8) is 0 Å². The van der Waals surface area contributed by atoms with Crippen molar-refractivity contribution in [1.29, 1.82) is 0 Å². The van der Waals surface area contributed by atoms with Crippen LogP contribution in [0.2, 0.25) is 0 Å². The van der Waals surface area contributed by atoms with E-state index in [1.54, 1.807) is 4.90 Å². The Morgan fingerprint density at radius 3 is 2.59 bits per heavy atom. The van der Waals surface area contributed by atoms with Crippen molar-refractivity contribution < 1.29 is 22.4 Å². The summed E-state index contributed by atoms with van der Waals surface area (Å²) in [5.41, 5.74) is 0. The van der Waals surface area contributed by atoms with Gasteiger partial charge in [-0.3, -0.25) is 4.79 Å². The number of likely N-dealkylation sites (tertiary alicyclic amines) is 1. The molecule has 1 aromatic heterocycles. The van der Waals surface area contributed by atoms with Crippen LogP contribution in [0.5, 0.6) is 0 Å². The van der Waals surface area contributed by atoms with E-state index in [9.17, 15) is 18.0 Å². The normalized spacial score (nSPS) is 19.7. The molecule has 0 aromatic carbocycles. The van der Waals surface area contributed by atoms with Gasteiger partial charge in [0, 0.05) is 19.0 Å². The molecular weight excluding hydrogens is 299 g/mol. The summed E-state index contributed by atoms with van der Waals surface area (Å²) in [5, 5.41) is 6.57. The quantitative estimate of drug-likeness (QED) is 0.855. The predicted molar refractivity (Wildman–Crippen MR) is 71.9 cm³/mol. The Balaban J connectivity index is 2.07. The van der Waals surface area contributed by atoms with Crippen molar-refractivity contribution in [1.82, 2.24) is 15.1 Å². The van der Waals surface area contributed by atoms with E-state index >= 15 is 0 Å². The summed E-state index contributed by atoms with van der Waals surface area (Å²) in [6.07, 6.45) is -1.75. The molecule has 0 saturated carbocycles. The number of carbonyl (C=O) groups is 1. The molecule has 124 valence electrons. The van der Waals surface area contributed by atoms with Crippen LogP contribution < -0.4 is 0 Å². The fourth-order valence-electron chi connectivity index (χ4n) is 2.79. The molecule has 1 unspecified atom stereocenters. The van der Waals surface area contributed by atoms with Gasteiger partial charge in [0.1, 0.15) is 0 Å². The van der Waals surface area contributed by atoms with Crippen molar-refractivity contribution in [2.45, 2.75) is 51.6 Å². The summed E-state index contributed by atoms with van der Waals surface area (Å²) in [4.78, 5) is 14.1. The predicted octanol–water partition coefficient (Wildman–Crippen LogP) is 3.23. The number of carbonyl (C=O) groups excluding carboxylic acids is 1. The maximum atomic E-state index is 12.5. The summed E-state index contributed by atoms with van der Waals surface area (Å²) >= 11 is 0. The number of aromatic nitrogens is 2. The second kappa shape index (κ2) is 6.66. The van der Waals surface area contributed by atoms with Gasteiger partial charge in [0.25, 0.3) is 0 Å². The fourth-order valence-corrected chi connectivity index (χ4v) is 2.79. The van der Waals surface area contributed by atoms with Gasteiger partial charge in [0.2, 0.25) is 11.8 Å². The van der Waals surface area contributed by atoms with Crippen molar-refractivity contribution in [2.24, 2.45) is 5.92 Å². The summed E-state index contributed by atoms with van der Waals surface area (Å²) < 4.78 is 42.3. The number of amides is 1. The SMILES string of the molecule is CCC(CC)C(=O)N1CCCC(c2nnc(C(F)(F)F)o2)C1. The molecule has 2 heterocycles. The molecule has 1 amide bonds. The minimum atomic E-state index is -4.63. The maximum Gasteiger partial charge on any atom is 0.470 e. The van der Waals surface area contributed by atoms with E-state index < -0.39 is 12.1 Å². The van der Waals surface area contributed by atoms with Gasteiger partial charge in [-0.1, -0.05) is 13.8 Å². The molecule has 5 nitrogen and oxygen atoms in total. The lowest BCUT2D eigenvalue weighted by atomic mass is 9.95. The third-order valence-electron chi connectivity index (χ3n) is 4.10. The van der Waals surface area contributed by atoms with E-state index in [0.29, 0.717) is 19.5 Å². The van der Waals surface area contributed by atoms with E-state index in [0.717, 1.165) is 19.3 Å².